The molecule has 0 aliphatic rings. The predicted molar refractivity (Wildman–Crippen MR) is 57.1 cm³/mol. The largest absolute Gasteiger partial charge is 0.444 e. The second kappa shape index (κ2) is 5.86. The van der Waals surface area contributed by atoms with Gasteiger partial charge in [-0.2, -0.15) is 0 Å². The fraction of sp³-hybridized carbons (Fsp3) is 0.900. The molecular weight excluding hydrogens is 180 g/mol. The highest BCUT2D eigenvalue weighted by Gasteiger charge is 2.15. The molecule has 0 heterocycles. The van der Waals surface area contributed by atoms with E-state index >= 15 is 0 Å². The average molecular weight is 202 g/mol. The first-order chi connectivity index (χ1) is 6.35. The van der Waals surface area contributed by atoms with Crippen molar-refractivity contribution in [2.45, 2.75) is 39.7 Å². The van der Waals surface area contributed by atoms with Gasteiger partial charge in [-0.15, -0.1) is 0 Å². The molecule has 0 bridgehead atoms. The van der Waals surface area contributed by atoms with Crippen molar-refractivity contribution in [1.29, 1.82) is 0 Å². The first-order valence-corrected chi connectivity index (χ1v) is 5.02. The Morgan fingerprint density at radius 1 is 1.50 bits per heavy atom. The van der Waals surface area contributed by atoms with Gasteiger partial charge in [-0.1, -0.05) is 6.92 Å². The molecule has 0 aromatic carbocycles. The second-order valence-corrected chi connectivity index (χ2v) is 4.56. The molecule has 0 radical (unpaired) electrons. The van der Waals surface area contributed by atoms with E-state index < -0.39 is 5.60 Å². The minimum Gasteiger partial charge on any atom is -0.444 e. The van der Waals surface area contributed by atoms with Crippen molar-refractivity contribution in [3.63, 3.8) is 0 Å². The molecule has 0 saturated heterocycles. The van der Waals surface area contributed by atoms with E-state index in [1.807, 2.05) is 20.8 Å². The summed E-state index contributed by atoms with van der Waals surface area (Å²) in [6, 6.07) is 0. The van der Waals surface area contributed by atoms with Crippen LogP contribution in [0, 0.1) is 5.92 Å². The molecule has 0 aliphatic carbocycles. The Kier molecular flexibility index (Phi) is 5.53. The standard InChI is InChI=1S/C10H22N2O2/c1-8(7-11)5-6-12-9(13)14-10(2,3)4/h8H,5-7,11H2,1-4H3,(H,12,13)/t8-/m1/s1. The number of alkyl carbamates (subject to hydrolysis) is 1. The molecule has 1 atom stereocenters. The normalized spacial score (nSPS) is 13.5. The van der Waals surface area contributed by atoms with E-state index in [0.29, 0.717) is 19.0 Å². The number of nitrogens with two attached hydrogens (primary N) is 1. The van der Waals surface area contributed by atoms with Crippen LogP contribution >= 0.6 is 0 Å². The van der Waals surface area contributed by atoms with Crippen molar-refractivity contribution in [3.05, 3.63) is 0 Å². The van der Waals surface area contributed by atoms with Crippen molar-refractivity contribution in [1.82, 2.24) is 5.32 Å². The predicted octanol–water partition coefficient (Wildman–Crippen LogP) is 1.50. The van der Waals surface area contributed by atoms with E-state index in [1.54, 1.807) is 0 Å². The lowest BCUT2D eigenvalue weighted by Gasteiger charge is -2.20. The zero-order valence-electron chi connectivity index (χ0n) is 9.59. The van der Waals surface area contributed by atoms with E-state index in [-0.39, 0.29) is 6.09 Å². The topological polar surface area (TPSA) is 64.3 Å². The monoisotopic (exact) mass is 202 g/mol. The Bertz CT molecular complexity index is 175. The molecule has 0 rings (SSSR count). The Morgan fingerprint density at radius 3 is 2.50 bits per heavy atom. The van der Waals surface area contributed by atoms with Gasteiger partial charge in [0.05, 0.1) is 0 Å². The quantitative estimate of drug-likeness (QED) is 0.726. The number of nitrogens with one attached hydrogen (secondary N) is 1. The minimum absolute atomic E-state index is 0.360. The molecule has 0 spiro atoms. The summed E-state index contributed by atoms with van der Waals surface area (Å²) in [6.45, 7) is 8.85. The molecular formula is C10H22N2O2. The third-order valence-corrected chi connectivity index (χ3v) is 1.71. The smallest absolute Gasteiger partial charge is 0.407 e. The molecule has 14 heavy (non-hydrogen) atoms. The van der Waals surface area contributed by atoms with Crippen molar-refractivity contribution in [3.8, 4) is 0 Å². The Labute approximate surface area is 86.2 Å². The maximum atomic E-state index is 11.2. The molecule has 84 valence electrons. The summed E-state index contributed by atoms with van der Waals surface area (Å²) >= 11 is 0. The molecule has 0 fully saturated rings. The van der Waals surface area contributed by atoms with Crippen LogP contribution in [0.3, 0.4) is 0 Å². The van der Waals surface area contributed by atoms with Gasteiger partial charge < -0.3 is 15.8 Å². The third-order valence-electron chi connectivity index (χ3n) is 1.71. The fourth-order valence-corrected chi connectivity index (χ4v) is 0.853. The summed E-state index contributed by atoms with van der Waals surface area (Å²) in [5.74, 6) is 0.435. The van der Waals surface area contributed by atoms with Crippen LogP contribution in [0.1, 0.15) is 34.1 Å². The molecule has 3 N–H and O–H groups in total. The van der Waals surface area contributed by atoms with Crippen molar-refractivity contribution in [2.24, 2.45) is 11.7 Å². The van der Waals surface area contributed by atoms with E-state index in [4.69, 9.17) is 10.5 Å². The van der Waals surface area contributed by atoms with Gasteiger partial charge in [-0.05, 0) is 39.7 Å². The number of amides is 1. The summed E-state index contributed by atoms with van der Waals surface area (Å²) in [5, 5.41) is 2.69. The lowest BCUT2D eigenvalue weighted by Crippen LogP contribution is -2.33. The van der Waals surface area contributed by atoms with Gasteiger partial charge in [0.15, 0.2) is 0 Å². The maximum absolute atomic E-state index is 11.2. The summed E-state index contributed by atoms with van der Waals surface area (Å²) in [5.41, 5.74) is 5.02. The number of carbonyl (C=O) groups is 1. The van der Waals surface area contributed by atoms with Gasteiger partial charge in [0.1, 0.15) is 5.60 Å². The maximum Gasteiger partial charge on any atom is 0.407 e. The van der Waals surface area contributed by atoms with Crippen LogP contribution in [0.5, 0.6) is 0 Å². The Balaban J connectivity index is 3.55. The summed E-state index contributed by atoms with van der Waals surface area (Å²) in [6.07, 6.45) is 0.525. The molecule has 1 amide bonds. The zero-order chi connectivity index (χ0) is 11.2. The second-order valence-electron chi connectivity index (χ2n) is 4.56. The fourth-order valence-electron chi connectivity index (χ4n) is 0.853. The molecule has 0 aromatic rings. The number of ether oxygens (including phenoxy) is 1. The number of carbonyl (C=O) groups excluding carboxylic acids is 1. The molecule has 0 aromatic heterocycles. The van der Waals surface area contributed by atoms with E-state index in [2.05, 4.69) is 12.2 Å². The van der Waals surface area contributed by atoms with Crippen LogP contribution in [0.2, 0.25) is 0 Å². The van der Waals surface area contributed by atoms with Gasteiger partial charge in [0.2, 0.25) is 0 Å². The van der Waals surface area contributed by atoms with Crippen molar-refractivity contribution >= 4 is 6.09 Å². The van der Waals surface area contributed by atoms with Crippen molar-refractivity contribution < 1.29 is 9.53 Å². The minimum atomic E-state index is -0.427. The van der Waals surface area contributed by atoms with Gasteiger partial charge >= 0.3 is 6.09 Å². The first-order valence-electron chi connectivity index (χ1n) is 5.02. The van der Waals surface area contributed by atoms with Gasteiger partial charge in [0, 0.05) is 6.54 Å². The van der Waals surface area contributed by atoms with Crippen LogP contribution in [0.4, 0.5) is 4.79 Å². The summed E-state index contributed by atoms with van der Waals surface area (Å²) in [7, 11) is 0. The van der Waals surface area contributed by atoms with E-state index in [0.717, 1.165) is 6.42 Å². The Hall–Kier alpha value is -0.770. The van der Waals surface area contributed by atoms with Crippen LogP contribution in [0.25, 0.3) is 0 Å². The van der Waals surface area contributed by atoms with Gasteiger partial charge in [-0.3, -0.25) is 0 Å². The zero-order valence-corrected chi connectivity index (χ0v) is 9.59. The number of rotatable bonds is 4. The highest BCUT2D eigenvalue weighted by molar-refractivity contribution is 5.67. The van der Waals surface area contributed by atoms with E-state index in [1.165, 1.54) is 0 Å². The molecule has 4 nitrogen and oxygen atoms in total. The number of hydrogen-bond acceptors (Lipinski definition) is 3. The van der Waals surface area contributed by atoms with Crippen LogP contribution in [-0.4, -0.2) is 24.8 Å². The lowest BCUT2D eigenvalue weighted by atomic mass is 10.1. The van der Waals surface area contributed by atoms with Gasteiger partial charge in [-0.25, -0.2) is 4.79 Å². The summed E-state index contributed by atoms with van der Waals surface area (Å²) < 4.78 is 5.07. The SMILES string of the molecule is C[C@@H](CN)CCNC(=O)OC(C)(C)C. The average Bonchev–Trinajstić information content (AvgIpc) is 2.00. The highest BCUT2D eigenvalue weighted by Crippen LogP contribution is 2.06. The van der Waals surface area contributed by atoms with Crippen LogP contribution < -0.4 is 11.1 Å². The molecule has 0 aliphatic heterocycles. The van der Waals surface area contributed by atoms with Crippen LogP contribution in [-0.2, 0) is 4.74 Å². The molecule has 0 unspecified atom stereocenters. The van der Waals surface area contributed by atoms with E-state index in [9.17, 15) is 4.79 Å². The molecule has 4 heteroatoms. The Morgan fingerprint density at radius 2 is 2.07 bits per heavy atom. The molecule has 0 saturated carbocycles. The first kappa shape index (κ1) is 13.2. The van der Waals surface area contributed by atoms with Crippen molar-refractivity contribution in [2.75, 3.05) is 13.1 Å². The number of hydrogen-bond donors (Lipinski definition) is 2. The highest BCUT2D eigenvalue weighted by atomic mass is 16.6. The van der Waals surface area contributed by atoms with Crippen LogP contribution in [0.15, 0.2) is 0 Å². The van der Waals surface area contributed by atoms with Gasteiger partial charge in [0.25, 0.3) is 0 Å². The lowest BCUT2D eigenvalue weighted by molar-refractivity contribution is 0.0525. The summed E-state index contributed by atoms with van der Waals surface area (Å²) in [4.78, 5) is 11.2. The third kappa shape index (κ3) is 7.86.